The number of aryl methyl sites for hydroxylation is 2. The van der Waals surface area contributed by atoms with Crippen molar-refractivity contribution in [3.05, 3.63) is 35.4 Å². The molecular weight excluding hydrogens is 268 g/mol. The Morgan fingerprint density at radius 2 is 1.27 bits per heavy atom. The molecule has 0 bridgehead atoms. The summed E-state index contributed by atoms with van der Waals surface area (Å²) in [6, 6.07) is 9.21. The largest absolute Gasteiger partial charge is 0.331 e. The molecule has 0 aromatic heterocycles. The van der Waals surface area contributed by atoms with E-state index >= 15 is 0 Å². The molecule has 0 aliphatic heterocycles. The molecule has 0 saturated heterocycles. The molecule has 0 unspecified atom stereocenters. The number of rotatable bonds is 8. The molecule has 2 heteroatoms. The maximum absolute atomic E-state index is 4.85. The number of hydrogen-bond acceptors (Lipinski definition) is 2. The molecule has 0 amide bonds. The van der Waals surface area contributed by atoms with E-state index < -0.39 is 0 Å². The van der Waals surface area contributed by atoms with Crippen LogP contribution in [0.3, 0.4) is 0 Å². The van der Waals surface area contributed by atoms with Gasteiger partial charge in [0.05, 0.1) is 0 Å². The predicted molar refractivity (Wildman–Crippen MR) is 103 cm³/mol. The van der Waals surface area contributed by atoms with Crippen molar-refractivity contribution < 1.29 is 0 Å². The average Bonchev–Trinajstić information content (AvgIpc) is 2.56. The van der Waals surface area contributed by atoms with Gasteiger partial charge in [-0.1, -0.05) is 65.3 Å². The summed E-state index contributed by atoms with van der Waals surface area (Å²) < 4.78 is 0. The molecule has 0 heterocycles. The Balaban J connectivity index is 0. The monoisotopic (exact) mass is 308 g/mol. The first-order valence-corrected chi connectivity index (χ1v) is 9.14. The van der Waals surface area contributed by atoms with Gasteiger partial charge in [0, 0.05) is 0 Å². The van der Waals surface area contributed by atoms with Crippen LogP contribution in [0, 0.1) is 0 Å². The lowest BCUT2D eigenvalue weighted by Gasteiger charge is -2.13. The van der Waals surface area contributed by atoms with Gasteiger partial charge in [-0.05, 0) is 63.5 Å². The van der Waals surface area contributed by atoms with Gasteiger partial charge in [0.2, 0.25) is 0 Å². The predicted octanol–water partition coefficient (Wildman–Crippen LogP) is 4.90. The number of nitrogens with zero attached hydrogens (tertiary/aromatic N) is 1. The maximum atomic E-state index is 4.85. The summed E-state index contributed by atoms with van der Waals surface area (Å²) in [6.07, 6.45) is 6.29. The fraction of sp³-hybridized carbons (Fsp3) is 0.700. The van der Waals surface area contributed by atoms with E-state index in [1.54, 1.807) is 0 Å². The van der Waals surface area contributed by atoms with Gasteiger partial charge in [0.1, 0.15) is 0 Å². The Kier molecular flexibility index (Phi) is 19.4. The first-order chi connectivity index (χ1) is 10.7. The molecule has 0 aliphatic carbocycles. The highest BCUT2D eigenvalue weighted by atomic mass is 15.1. The van der Waals surface area contributed by atoms with Gasteiger partial charge in [0.25, 0.3) is 0 Å². The van der Waals surface area contributed by atoms with Crippen LogP contribution >= 0.6 is 0 Å². The van der Waals surface area contributed by atoms with E-state index in [1.165, 1.54) is 49.8 Å². The summed E-state index contributed by atoms with van der Waals surface area (Å²) in [5, 5.41) is 0. The highest BCUT2D eigenvalue weighted by Crippen LogP contribution is 2.09. The second kappa shape index (κ2) is 18.2. The molecule has 1 aromatic rings. The lowest BCUT2D eigenvalue weighted by molar-refractivity contribution is 0.347. The van der Waals surface area contributed by atoms with Crippen molar-refractivity contribution in [1.82, 2.24) is 4.90 Å². The molecule has 0 radical (unpaired) electrons. The topological polar surface area (TPSA) is 29.3 Å². The van der Waals surface area contributed by atoms with Gasteiger partial charge >= 0.3 is 0 Å². The normalized spacial score (nSPS) is 9.64. The summed E-state index contributed by atoms with van der Waals surface area (Å²) in [5.41, 5.74) is 7.82. The van der Waals surface area contributed by atoms with Crippen LogP contribution in [-0.2, 0) is 12.8 Å². The number of nitrogens with two attached hydrogens (primary N) is 1. The van der Waals surface area contributed by atoms with Crippen LogP contribution in [0.2, 0.25) is 0 Å². The van der Waals surface area contributed by atoms with Crippen molar-refractivity contribution in [3.63, 3.8) is 0 Å². The lowest BCUT2D eigenvalue weighted by atomic mass is 10.0. The molecule has 2 nitrogen and oxygen atoms in total. The molecule has 130 valence electrons. The Labute approximate surface area is 140 Å². The van der Waals surface area contributed by atoms with Gasteiger partial charge in [-0.2, -0.15) is 0 Å². The van der Waals surface area contributed by atoms with E-state index in [-0.39, 0.29) is 0 Å². The Morgan fingerprint density at radius 1 is 0.864 bits per heavy atom. The molecular formula is C20H40N2. The van der Waals surface area contributed by atoms with Crippen LogP contribution < -0.4 is 5.73 Å². The Morgan fingerprint density at radius 3 is 1.64 bits per heavy atom. The summed E-state index contributed by atoms with van der Waals surface area (Å²) in [4.78, 5) is 2.37. The molecule has 0 spiro atoms. The van der Waals surface area contributed by atoms with Crippen molar-refractivity contribution in [3.8, 4) is 0 Å². The fourth-order valence-corrected chi connectivity index (χ4v) is 1.96. The second-order valence-electron chi connectivity index (χ2n) is 5.33. The minimum Gasteiger partial charge on any atom is -0.331 e. The summed E-state index contributed by atoms with van der Waals surface area (Å²) in [7, 11) is 2.19. The van der Waals surface area contributed by atoms with Gasteiger partial charge in [0.15, 0.2) is 0 Å². The van der Waals surface area contributed by atoms with E-state index in [9.17, 15) is 0 Å². The summed E-state index contributed by atoms with van der Waals surface area (Å²) in [6.45, 7) is 13.5. The number of unbranched alkanes of at least 4 members (excludes halogenated alkanes) is 1. The minimum absolute atomic E-state index is 0.750. The van der Waals surface area contributed by atoms with E-state index in [4.69, 9.17) is 5.73 Å². The van der Waals surface area contributed by atoms with E-state index in [0.717, 1.165) is 13.1 Å². The second-order valence-corrected chi connectivity index (χ2v) is 5.33. The van der Waals surface area contributed by atoms with Gasteiger partial charge in [-0.25, -0.2) is 0 Å². The molecule has 0 saturated carbocycles. The van der Waals surface area contributed by atoms with E-state index in [1.807, 2.05) is 20.8 Å². The lowest BCUT2D eigenvalue weighted by Crippen LogP contribution is -2.19. The van der Waals surface area contributed by atoms with Crippen molar-refractivity contribution in [2.45, 2.75) is 66.7 Å². The first kappa shape index (κ1) is 23.4. The van der Waals surface area contributed by atoms with E-state index in [2.05, 4.69) is 50.1 Å². The molecule has 2 N–H and O–H groups in total. The number of hydrogen-bond donors (Lipinski definition) is 1. The third kappa shape index (κ3) is 14.1. The molecule has 1 rings (SSSR count). The highest BCUT2D eigenvalue weighted by molar-refractivity contribution is 5.22. The van der Waals surface area contributed by atoms with Crippen LogP contribution in [-0.4, -0.2) is 31.6 Å². The van der Waals surface area contributed by atoms with Gasteiger partial charge < -0.3 is 10.6 Å². The Bertz CT molecular complexity index is 306. The van der Waals surface area contributed by atoms with Crippen LogP contribution in [0.15, 0.2) is 24.3 Å². The van der Waals surface area contributed by atoms with Crippen molar-refractivity contribution in [2.24, 2.45) is 5.73 Å². The quantitative estimate of drug-likeness (QED) is 0.739. The van der Waals surface area contributed by atoms with Crippen molar-refractivity contribution in [2.75, 3.05) is 26.7 Å². The zero-order chi connectivity index (χ0) is 17.2. The van der Waals surface area contributed by atoms with Crippen LogP contribution in [0.1, 0.15) is 65.0 Å². The highest BCUT2D eigenvalue weighted by Gasteiger charge is 1.97. The van der Waals surface area contributed by atoms with Crippen LogP contribution in [0.5, 0.6) is 0 Å². The summed E-state index contributed by atoms with van der Waals surface area (Å²) in [5.74, 6) is 0. The van der Waals surface area contributed by atoms with Crippen LogP contribution in [0.25, 0.3) is 0 Å². The van der Waals surface area contributed by atoms with Crippen molar-refractivity contribution >= 4 is 0 Å². The zero-order valence-electron chi connectivity index (χ0n) is 16.0. The third-order valence-corrected chi connectivity index (χ3v) is 3.39. The third-order valence-electron chi connectivity index (χ3n) is 3.39. The minimum atomic E-state index is 0.750. The molecule has 22 heavy (non-hydrogen) atoms. The smallest absolute Gasteiger partial charge is 0.00187 e. The Hall–Kier alpha value is -0.860. The SMILES string of the molecule is CC.CCCCc1ccc(CCCN(C)CC)cc1.CCN. The number of benzene rings is 1. The summed E-state index contributed by atoms with van der Waals surface area (Å²) >= 11 is 0. The average molecular weight is 309 g/mol. The van der Waals surface area contributed by atoms with Crippen molar-refractivity contribution in [1.29, 1.82) is 0 Å². The van der Waals surface area contributed by atoms with Crippen LogP contribution in [0.4, 0.5) is 0 Å². The molecule has 0 aliphatic rings. The van der Waals surface area contributed by atoms with Gasteiger partial charge in [-0.15, -0.1) is 0 Å². The molecule has 0 fully saturated rings. The first-order valence-electron chi connectivity index (χ1n) is 9.14. The zero-order valence-corrected chi connectivity index (χ0v) is 16.0. The van der Waals surface area contributed by atoms with Gasteiger partial charge in [-0.3, -0.25) is 0 Å². The maximum Gasteiger partial charge on any atom is -0.00187 e. The standard InChI is InChI=1S/C16H27N.C2H7N.C2H6/c1-4-6-8-15-10-12-16(13-11-15)9-7-14-17(3)5-2;1-2-3;1-2/h10-13H,4-9,14H2,1-3H3;2-3H2,1H3;1-2H3. The molecule has 1 aromatic carbocycles. The molecule has 0 atom stereocenters. The van der Waals surface area contributed by atoms with E-state index in [0.29, 0.717) is 0 Å². The fourth-order valence-electron chi connectivity index (χ4n) is 1.96.